The van der Waals surface area contributed by atoms with E-state index in [2.05, 4.69) is 10.6 Å². The van der Waals surface area contributed by atoms with Crippen LogP contribution in [0.5, 0.6) is 0 Å². The maximum atomic E-state index is 5.14. The smallest absolute Gasteiger partial charge is 0.0658 e. The highest BCUT2D eigenvalue weighted by Crippen LogP contribution is 2.03. The van der Waals surface area contributed by atoms with Crippen LogP contribution >= 0.6 is 24.0 Å². The largest absolute Gasteiger partial charge is 0.314 e. The van der Waals surface area contributed by atoms with Crippen molar-refractivity contribution in [3.63, 3.8) is 0 Å². The van der Waals surface area contributed by atoms with E-state index in [1.54, 1.807) is 11.8 Å². The molecule has 1 atom stereocenters. The van der Waals surface area contributed by atoms with Crippen LogP contribution in [0.3, 0.4) is 0 Å². The molecule has 10 heavy (non-hydrogen) atoms. The summed E-state index contributed by atoms with van der Waals surface area (Å²) in [4.78, 5) is 0. The second-order valence-electron chi connectivity index (χ2n) is 2.23. The molecule has 0 spiro atoms. The topological polar surface area (TPSA) is 24.1 Å². The Kier molecular flexibility index (Phi) is 3.62. The molecule has 58 valence electrons. The molecule has 1 fully saturated rings. The molecule has 0 aromatic carbocycles. The lowest BCUT2D eigenvalue weighted by Gasteiger charge is -2.23. The van der Waals surface area contributed by atoms with Crippen LogP contribution in [0.15, 0.2) is 0 Å². The Bertz CT molecular complexity index is 121. The number of nitrogens with one attached hydrogen (secondary N) is 2. The Balaban J connectivity index is 2.31. The van der Waals surface area contributed by atoms with Crippen molar-refractivity contribution >= 4 is 28.2 Å². The summed E-state index contributed by atoms with van der Waals surface area (Å²) in [6.45, 7) is 3.08. The maximum Gasteiger partial charge on any atom is 0.0658 e. The van der Waals surface area contributed by atoms with Gasteiger partial charge in [-0.2, -0.15) is 0 Å². The number of thiocarbonyl (C=S) groups is 1. The average molecular weight is 176 g/mol. The van der Waals surface area contributed by atoms with Crippen molar-refractivity contribution in [1.29, 1.82) is 0 Å². The molecule has 1 aliphatic heterocycles. The Labute approximate surface area is 71.1 Å². The van der Waals surface area contributed by atoms with Gasteiger partial charge in [0.05, 0.1) is 10.2 Å². The molecular weight excluding hydrogens is 164 g/mol. The van der Waals surface area contributed by atoms with Gasteiger partial charge in [-0.3, -0.25) is 0 Å². The van der Waals surface area contributed by atoms with Gasteiger partial charge >= 0.3 is 0 Å². The highest BCUT2D eigenvalue weighted by atomic mass is 32.2. The van der Waals surface area contributed by atoms with Crippen LogP contribution in [-0.4, -0.2) is 36.1 Å². The third-order valence-electron chi connectivity index (χ3n) is 1.53. The molecule has 0 radical (unpaired) electrons. The van der Waals surface area contributed by atoms with E-state index in [1.807, 2.05) is 6.26 Å². The zero-order chi connectivity index (χ0) is 7.40. The fraction of sp³-hybridized carbons (Fsp3) is 0.833. The first kappa shape index (κ1) is 8.46. The third kappa shape index (κ3) is 2.20. The summed E-state index contributed by atoms with van der Waals surface area (Å²) in [6, 6.07) is 0.402. The fourth-order valence-electron chi connectivity index (χ4n) is 0.962. The van der Waals surface area contributed by atoms with Crippen molar-refractivity contribution in [3.05, 3.63) is 0 Å². The molecule has 1 unspecified atom stereocenters. The molecule has 1 rings (SSSR count). The molecule has 0 aromatic heterocycles. The van der Waals surface area contributed by atoms with Crippen LogP contribution in [0.2, 0.25) is 0 Å². The molecule has 0 aliphatic carbocycles. The molecule has 1 saturated heterocycles. The van der Waals surface area contributed by atoms with Crippen LogP contribution in [0.25, 0.3) is 0 Å². The van der Waals surface area contributed by atoms with Crippen molar-refractivity contribution < 1.29 is 0 Å². The quantitative estimate of drug-likeness (QED) is 0.559. The van der Waals surface area contributed by atoms with Crippen molar-refractivity contribution in [2.45, 2.75) is 6.04 Å². The first-order valence-electron chi connectivity index (χ1n) is 3.36. The van der Waals surface area contributed by atoms with Gasteiger partial charge in [0.2, 0.25) is 0 Å². The molecule has 2 nitrogen and oxygen atoms in total. The Morgan fingerprint density at radius 2 is 2.40 bits per heavy atom. The van der Waals surface area contributed by atoms with E-state index in [1.165, 1.54) is 0 Å². The second kappa shape index (κ2) is 4.28. The summed E-state index contributed by atoms with van der Waals surface area (Å²) in [5, 5.41) is 6.63. The Hall–Kier alpha value is 0.360. The molecule has 2 N–H and O–H groups in total. The summed E-state index contributed by atoms with van der Waals surface area (Å²) in [5.41, 5.74) is 0. The van der Waals surface area contributed by atoms with Gasteiger partial charge in [0.15, 0.2) is 0 Å². The number of thioether (sulfide) groups is 1. The second-order valence-corrected chi connectivity index (χ2v) is 3.78. The fourth-order valence-corrected chi connectivity index (χ4v) is 1.58. The van der Waals surface area contributed by atoms with Gasteiger partial charge in [-0.1, -0.05) is 12.2 Å². The van der Waals surface area contributed by atoms with E-state index in [0.29, 0.717) is 6.04 Å². The standard InChI is InChI=1S/C6H12N2S2/c1-10-6(9)5-4-7-2-3-8-5/h5,7-8H,2-4H2,1H3. The Morgan fingerprint density at radius 1 is 1.60 bits per heavy atom. The minimum Gasteiger partial charge on any atom is -0.314 e. The van der Waals surface area contributed by atoms with Crippen LogP contribution in [0.4, 0.5) is 0 Å². The first-order valence-corrected chi connectivity index (χ1v) is 5.00. The summed E-state index contributed by atoms with van der Waals surface area (Å²) >= 11 is 6.80. The van der Waals surface area contributed by atoms with E-state index in [4.69, 9.17) is 12.2 Å². The van der Waals surface area contributed by atoms with Crippen LogP contribution < -0.4 is 10.6 Å². The number of hydrogen-bond acceptors (Lipinski definition) is 4. The Morgan fingerprint density at radius 3 is 2.90 bits per heavy atom. The highest BCUT2D eigenvalue weighted by molar-refractivity contribution is 8.22. The molecular formula is C6H12N2S2. The van der Waals surface area contributed by atoms with Gasteiger partial charge in [-0.15, -0.1) is 11.8 Å². The minimum atomic E-state index is 0.402. The zero-order valence-corrected chi connectivity index (χ0v) is 7.65. The van der Waals surface area contributed by atoms with Gasteiger partial charge in [-0.05, 0) is 6.26 Å². The highest BCUT2D eigenvalue weighted by Gasteiger charge is 2.14. The number of hydrogen-bond donors (Lipinski definition) is 2. The molecule has 1 heterocycles. The maximum absolute atomic E-state index is 5.14. The molecule has 0 bridgehead atoms. The van der Waals surface area contributed by atoms with E-state index >= 15 is 0 Å². The van der Waals surface area contributed by atoms with Gasteiger partial charge < -0.3 is 10.6 Å². The van der Waals surface area contributed by atoms with Gasteiger partial charge in [0.25, 0.3) is 0 Å². The normalized spacial score (nSPS) is 26.3. The number of rotatable bonds is 1. The van der Waals surface area contributed by atoms with Crippen LogP contribution in [0.1, 0.15) is 0 Å². The lowest BCUT2D eigenvalue weighted by molar-refractivity contribution is 0.493. The first-order chi connectivity index (χ1) is 4.84. The van der Waals surface area contributed by atoms with Crippen molar-refractivity contribution in [3.8, 4) is 0 Å². The van der Waals surface area contributed by atoms with E-state index in [0.717, 1.165) is 23.8 Å². The third-order valence-corrected chi connectivity index (χ3v) is 3.00. The predicted molar refractivity (Wildman–Crippen MR) is 50.8 cm³/mol. The van der Waals surface area contributed by atoms with Crippen molar-refractivity contribution in [2.24, 2.45) is 0 Å². The summed E-state index contributed by atoms with van der Waals surface area (Å²) in [5.74, 6) is 0. The zero-order valence-electron chi connectivity index (χ0n) is 6.02. The minimum absolute atomic E-state index is 0.402. The average Bonchev–Trinajstić information content (AvgIpc) is 2.05. The van der Waals surface area contributed by atoms with Crippen LogP contribution in [-0.2, 0) is 0 Å². The van der Waals surface area contributed by atoms with E-state index in [-0.39, 0.29) is 0 Å². The van der Waals surface area contributed by atoms with Crippen LogP contribution in [0, 0.1) is 0 Å². The predicted octanol–water partition coefficient (Wildman–Crippen LogP) is 0.238. The van der Waals surface area contributed by atoms with Crippen molar-refractivity contribution in [1.82, 2.24) is 10.6 Å². The summed E-state index contributed by atoms with van der Waals surface area (Å²) in [7, 11) is 0. The monoisotopic (exact) mass is 176 g/mol. The van der Waals surface area contributed by atoms with E-state index in [9.17, 15) is 0 Å². The molecule has 0 amide bonds. The SMILES string of the molecule is CSC(=S)C1CNCCN1. The molecule has 4 heteroatoms. The number of piperazine rings is 1. The summed E-state index contributed by atoms with van der Waals surface area (Å²) < 4.78 is 1.06. The van der Waals surface area contributed by atoms with Gasteiger partial charge in [-0.25, -0.2) is 0 Å². The molecule has 0 aromatic rings. The lowest BCUT2D eigenvalue weighted by atomic mass is 10.3. The lowest BCUT2D eigenvalue weighted by Crippen LogP contribution is -2.51. The molecule has 1 aliphatic rings. The van der Waals surface area contributed by atoms with E-state index < -0.39 is 0 Å². The summed E-state index contributed by atoms with van der Waals surface area (Å²) in [6.07, 6.45) is 2.03. The molecule has 0 saturated carbocycles. The van der Waals surface area contributed by atoms with Gasteiger partial charge in [0.1, 0.15) is 0 Å². The van der Waals surface area contributed by atoms with Crippen molar-refractivity contribution in [2.75, 3.05) is 25.9 Å². The van der Waals surface area contributed by atoms with Gasteiger partial charge in [0, 0.05) is 19.6 Å².